The zero-order valence-electron chi connectivity index (χ0n) is 12.0. The molecule has 7 nitrogen and oxygen atoms in total. The Morgan fingerprint density at radius 1 is 1.00 bits per heavy atom. The predicted molar refractivity (Wildman–Crippen MR) is 76.5 cm³/mol. The Balaban J connectivity index is 1.67. The number of nitrogens with one attached hydrogen (secondary N) is 1. The fourth-order valence-electron chi connectivity index (χ4n) is 2.30. The van der Waals surface area contributed by atoms with E-state index < -0.39 is 12.0 Å². The maximum atomic E-state index is 12.9. The van der Waals surface area contributed by atoms with Gasteiger partial charge in [0.05, 0.1) is 0 Å². The molecule has 0 aliphatic carbocycles. The van der Waals surface area contributed by atoms with Crippen molar-refractivity contribution in [1.29, 1.82) is 0 Å². The lowest BCUT2D eigenvalue weighted by Gasteiger charge is -2.19. The van der Waals surface area contributed by atoms with Crippen LogP contribution < -0.4 is 14.8 Å². The molecule has 4 rings (SSSR count). The van der Waals surface area contributed by atoms with Crippen molar-refractivity contribution in [2.45, 2.75) is 6.18 Å². The van der Waals surface area contributed by atoms with Crippen LogP contribution in [0.3, 0.4) is 0 Å². The van der Waals surface area contributed by atoms with Crippen molar-refractivity contribution < 1.29 is 22.6 Å². The van der Waals surface area contributed by atoms with Gasteiger partial charge in [0, 0.05) is 11.8 Å². The van der Waals surface area contributed by atoms with Crippen LogP contribution in [0, 0.1) is 0 Å². The van der Waals surface area contributed by atoms with Crippen LogP contribution in [0.5, 0.6) is 11.5 Å². The molecule has 0 saturated heterocycles. The highest BCUT2D eigenvalue weighted by molar-refractivity contribution is 5.62. The van der Waals surface area contributed by atoms with E-state index in [1.54, 1.807) is 18.2 Å². The standard InChI is InChI=1S/C14H10F3N5O2/c15-14(16,17)13-20-19-12-4-3-11(21-22(12)13)18-8-1-2-9-10(7-8)24-6-5-23-9/h1-4,7H,5-6H2,(H,18,21). The molecule has 0 radical (unpaired) electrons. The number of hydrogen-bond donors (Lipinski definition) is 1. The lowest BCUT2D eigenvalue weighted by Crippen LogP contribution is -2.15. The van der Waals surface area contributed by atoms with Crippen LogP contribution in [-0.4, -0.2) is 33.0 Å². The van der Waals surface area contributed by atoms with Crippen LogP contribution in [0.2, 0.25) is 0 Å². The van der Waals surface area contributed by atoms with E-state index in [0.29, 0.717) is 34.9 Å². The fourth-order valence-corrected chi connectivity index (χ4v) is 2.30. The van der Waals surface area contributed by atoms with E-state index in [2.05, 4.69) is 20.6 Å². The van der Waals surface area contributed by atoms with Crippen LogP contribution >= 0.6 is 0 Å². The van der Waals surface area contributed by atoms with Crippen LogP contribution in [0.4, 0.5) is 24.7 Å². The Labute approximate surface area is 133 Å². The molecule has 3 heterocycles. The van der Waals surface area contributed by atoms with Gasteiger partial charge in [0.2, 0.25) is 0 Å². The molecule has 1 N–H and O–H groups in total. The minimum absolute atomic E-state index is 0.00930. The number of hydrogen-bond acceptors (Lipinski definition) is 6. The zero-order valence-corrected chi connectivity index (χ0v) is 12.0. The Bertz CT molecular complexity index is 909. The monoisotopic (exact) mass is 337 g/mol. The molecule has 124 valence electrons. The van der Waals surface area contributed by atoms with E-state index in [1.807, 2.05) is 0 Å². The van der Waals surface area contributed by atoms with Gasteiger partial charge in [0.15, 0.2) is 23.0 Å². The van der Waals surface area contributed by atoms with Crippen LogP contribution in [0.25, 0.3) is 5.65 Å². The minimum Gasteiger partial charge on any atom is -0.486 e. The summed E-state index contributed by atoms with van der Waals surface area (Å²) in [7, 11) is 0. The summed E-state index contributed by atoms with van der Waals surface area (Å²) in [6, 6.07) is 8.04. The second-order valence-corrected chi connectivity index (χ2v) is 4.99. The van der Waals surface area contributed by atoms with Crippen molar-refractivity contribution in [3.8, 4) is 11.5 Å². The number of halogens is 3. The number of rotatable bonds is 2. The number of nitrogens with zero attached hydrogens (tertiary/aromatic N) is 4. The predicted octanol–water partition coefficient (Wildman–Crippen LogP) is 2.66. The van der Waals surface area contributed by atoms with E-state index in [-0.39, 0.29) is 11.5 Å². The van der Waals surface area contributed by atoms with Crippen molar-refractivity contribution in [1.82, 2.24) is 19.8 Å². The normalized spacial score (nSPS) is 14.0. The summed E-state index contributed by atoms with van der Waals surface area (Å²) in [6.45, 7) is 0.919. The number of benzene rings is 1. The molecule has 0 fully saturated rings. The van der Waals surface area contributed by atoms with Gasteiger partial charge in [-0.25, -0.2) is 0 Å². The lowest BCUT2D eigenvalue weighted by molar-refractivity contribution is -0.146. The largest absolute Gasteiger partial charge is 0.486 e. The summed E-state index contributed by atoms with van der Waals surface area (Å²) in [4.78, 5) is 0. The first kappa shape index (κ1) is 14.5. The van der Waals surface area contributed by atoms with Crippen molar-refractivity contribution in [2.24, 2.45) is 0 Å². The molecule has 10 heteroatoms. The SMILES string of the molecule is FC(F)(F)c1nnc2ccc(Nc3ccc4c(c3)OCCO4)nn12. The van der Waals surface area contributed by atoms with E-state index >= 15 is 0 Å². The molecule has 1 aliphatic rings. The van der Waals surface area contributed by atoms with Crippen molar-refractivity contribution in [3.63, 3.8) is 0 Å². The van der Waals surface area contributed by atoms with E-state index in [0.717, 1.165) is 0 Å². The summed E-state index contributed by atoms with van der Waals surface area (Å²) >= 11 is 0. The van der Waals surface area contributed by atoms with Gasteiger partial charge in [0.1, 0.15) is 13.2 Å². The highest BCUT2D eigenvalue weighted by Crippen LogP contribution is 2.33. The van der Waals surface area contributed by atoms with Gasteiger partial charge in [0.25, 0.3) is 5.82 Å². The van der Waals surface area contributed by atoms with E-state index in [9.17, 15) is 13.2 Å². The summed E-state index contributed by atoms with van der Waals surface area (Å²) in [5.41, 5.74) is 0.614. The third kappa shape index (κ3) is 2.55. The molecule has 0 atom stereocenters. The van der Waals surface area contributed by atoms with Crippen molar-refractivity contribution in [3.05, 3.63) is 36.2 Å². The second-order valence-electron chi connectivity index (χ2n) is 4.99. The highest BCUT2D eigenvalue weighted by atomic mass is 19.4. The highest BCUT2D eigenvalue weighted by Gasteiger charge is 2.37. The minimum atomic E-state index is -4.64. The summed E-state index contributed by atoms with van der Waals surface area (Å²) in [5, 5.41) is 13.4. The first-order chi connectivity index (χ1) is 11.5. The molecule has 0 saturated carbocycles. The average molecular weight is 337 g/mol. The van der Waals surface area contributed by atoms with Gasteiger partial charge in [-0.3, -0.25) is 0 Å². The summed E-state index contributed by atoms with van der Waals surface area (Å²) in [5.74, 6) is 0.216. The lowest BCUT2D eigenvalue weighted by atomic mass is 10.2. The number of ether oxygens (including phenoxy) is 2. The van der Waals surface area contributed by atoms with Gasteiger partial charge in [-0.1, -0.05) is 0 Å². The Morgan fingerprint density at radius 3 is 2.58 bits per heavy atom. The number of alkyl halides is 3. The van der Waals surface area contributed by atoms with Gasteiger partial charge in [-0.2, -0.15) is 17.7 Å². The van der Waals surface area contributed by atoms with Gasteiger partial charge in [-0.05, 0) is 24.3 Å². The average Bonchev–Trinajstić information content (AvgIpc) is 2.98. The molecule has 3 aromatic rings. The van der Waals surface area contributed by atoms with Crippen LogP contribution in [0.15, 0.2) is 30.3 Å². The summed E-state index contributed by atoms with van der Waals surface area (Å²) in [6.07, 6.45) is -4.64. The topological polar surface area (TPSA) is 73.6 Å². The molecule has 0 amide bonds. The van der Waals surface area contributed by atoms with Gasteiger partial charge >= 0.3 is 6.18 Å². The number of aromatic nitrogens is 4. The first-order valence-electron chi connectivity index (χ1n) is 6.97. The maximum absolute atomic E-state index is 12.9. The maximum Gasteiger partial charge on any atom is 0.453 e. The second kappa shape index (κ2) is 5.25. The zero-order chi connectivity index (χ0) is 16.7. The Hall–Kier alpha value is -3.04. The molecule has 1 aromatic carbocycles. The molecule has 2 aromatic heterocycles. The van der Waals surface area contributed by atoms with Crippen molar-refractivity contribution in [2.75, 3.05) is 18.5 Å². The molecular formula is C14H10F3N5O2. The van der Waals surface area contributed by atoms with E-state index in [1.165, 1.54) is 12.1 Å². The summed E-state index contributed by atoms with van der Waals surface area (Å²) < 4.78 is 50.2. The number of anilines is 2. The molecule has 24 heavy (non-hydrogen) atoms. The van der Waals surface area contributed by atoms with Gasteiger partial charge in [-0.15, -0.1) is 15.3 Å². The third-order valence-electron chi connectivity index (χ3n) is 3.33. The van der Waals surface area contributed by atoms with E-state index in [4.69, 9.17) is 9.47 Å². The number of fused-ring (bicyclic) bond motifs is 2. The quantitative estimate of drug-likeness (QED) is 0.775. The first-order valence-corrected chi connectivity index (χ1v) is 6.97. The fraction of sp³-hybridized carbons (Fsp3) is 0.214. The molecule has 1 aliphatic heterocycles. The molecule has 0 spiro atoms. The smallest absolute Gasteiger partial charge is 0.453 e. The third-order valence-corrected chi connectivity index (χ3v) is 3.33. The van der Waals surface area contributed by atoms with Crippen LogP contribution in [0.1, 0.15) is 5.82 Å². The van der Waals surface area contributed by atoms with Crippen molar-refractivity contribution >= 4 is 17.2 Å². The molecule has 0 unspecified atom stereocenters. The van der Waals surface area contributed by atoms with Gasteiger partial charge < -0.3 is 14.8 Å². The van der Waals surface area contributed by atoms with Crippen LogP contribution in [-0.2, 0) is 6.18 Å². The Morgan fingerprint density at radius 2 is 1.79 bits per heavy atom. The Kier molecular flexibility index (Phi) is 3.18. The molecule has 0 bridgehead atoms. The molecular weight excluding hydrogens is 327 g/mol.